The monoisotopic (exact) mass is 430 g/mol. The van der Waals surface area contributed by atoms with Gasteiger partial charge in [0.05, 0.1) is 18.8 Å². The number of nitrogens with zero attached hydrogens (tertiary/aromatic N) is 4. The Labute approximate surface area is 188 Å². The first-order chi connectivity index (χ1) is 15.0. The summed E-state index contributed by atoms with van der Waals surface area (Å²) < 4.78 is 5.82. The molecule has 3 heterocycles. The summed E-state index contributed by atoms with van der Waals surface area (Å²) in [5.74, 6) is 2.80. The van der Waals surface area contributed by atoms with E-state index in [1.165, 1.54) is 32.5 Å². The molecule has 2 atom stereocenters. The molecule has 0 radical (unpaired) electrons. The summed E-state index contributed by atoms with van der Waals surface area (Å²) in [6.45, 7) is 16.6. The third kappa shape index (κ3) is 7.96. The lowest BCUT2D eigenvalue weighted by Crippen LogP contribution is -2.45. The van der Waals surface area contributed by atoms with E-state index in [9.17, 15) is 0 Å². The van der Waals surface area contributed by atoms with Crippen LogP contribution in [0.2, 0.25) is 0 Å². The molecule has 2 N–H and O–H groups in total. The van der Waals surface area contributed by atoms with E-state index >= 15 is 0 Å². The fourth-order valence-electron chi connectivity index (χ4n) is 4.37. The molecule has 1 aromatic rings. The molecule has 0 bridgehead atoms. The smallest absolute Gasteiger partial charge is 0.191 e. The van der Waals surface area contributed by atoms with E-state index in [1.807, 2.05) is 6.20 Å². The Morgan fingerprint density at radius 3 is 2.52 bits per heavy atom. The Morgan fingerprint density at radius 2 is 1.87 bits per heavy atom. The number of rotatable bonds is 8. The third-order valence-corrected chi connectivity index (χ3v) is 6.14. The molecule has 2 aliphatic heterocycles. The van der Waals surface area contributed by atoms with Crippen LogP contribution in [0.5, 0.6) is 0 Å². The van der Waals surface area contributed by atoms with Crippen molar-refractivity contribution in [1.29, 1.82) is 0 Å². The zero-order valence-corrected chi connectivity index (χ0v) is 19.9. The molecule has 0 saturated carbocycles. The molecule has 3 rings (SSSR count). The fraction of sp³-hybridized carbons (Fsp3) is 0.750. The summed E-state index contributed by atoms with van der Waals surface area (Å²) >= 11 is 0. The van der Waals surface area contributed by atoms with Gasteiger partial charge in [-0.25, -0.2) is 9.98 Å². The molecular formula is C24H42N6O. The molecule has 2 saturated heterocycles. The Kier molecular flexibility index (Phi) is 9.40. The minimum Gasteiger partial charge on any atom is -0.372 e. The van der Waals surface area contributed by atoms with Gasteiger partial charge in [0.15, 0.2) is 5.96 Å². The highest BCUT2D eigenvalue weighted by Gasteiger charge is 2.23. The van der Waals surface area contributed by atoms with E-state index in [2.05, 4.69) is 65.2 Å². The van der Waals surface area contributed by atoms with Gasteiger partial charge < -0.3 is 25.2 Å². The molecule has 174 valence electrons. The number of aliphatic imine (C=N–C) groups is 1. The third-order valence-electron chi connectivity index (χ3n) is 6.14. The van der Waals surface area contributed by atoms with Gasteiger partial charge in [0, 0.05) is 32.4 Å². The standard InChI is InChI=1S/C24H42N6O/c1-5-25-24(26-11-6-12-29-13-9-19(2)10-14-29)28-16-22-7-8-23(27-15-22)30-17-20(3)31-21(4)18-30/h7-8,15,19-21H,5-6,9-14,16-18H2,1-4H3,(H2,25,26,28). The van der Waals surface area contributed by atoms with Gasteiger partial charge in [-0.2, -0.15) is 0 Å². The molecular weight excluding hydrogens is 388 g/mol. The number of likely N-dealkylation sites (tertiary alicyclic amines) is 1. The molecule has 0 amide bonds. The summed E-state index contributed by atoms with van der Waals surface area (Å²) in [7, 11) is 0. The lowest BCUT2D eigenvalue weighted by molar-refractivity contribution is -0.00545. The van der Waals surface area contributed by atoms with Gasteiger partial charge in [-0.05, 0) is 77.2 Å². The van der Waals surface area contributed by atoms with E-state index in [0.29, 0.717) is 6.54 Å². The van der Waals surface area contributed by atoms with Crippen molar-refractivity contribution in [2.75, 3.05) is 50.7 Å². The number of nitrogens with one attached hydrogen (secondary N) is 2. The van der Waals surface area contributed by atoms with Crippen molar-refractivity contribution in [3.05, 3.63) is 23.9 Å². The maximum atomic E-state index is 5.82. The number of hydrogen-bond acceptors (Lipinski definition) is 5. The normalized spacial score (nSPS) is 23.7. The van der Waals surface area contributed by atoms with Crippen molar-refractivity contribution >= 4 is 11.8 Å². The summed E-state index contributed by atoms with van der Waals surface area (Å²) in [5.41, 5.74) is 1.12. The van der Waals surface area contributed by atoms with Crippen LogP contribution in [0.3, 0.4) is 0 Å². The maximum absolute atomic E-state index is 5.82. The largest absolute Gasteiger partial charge is 0.372 e. The average molecular weight is 431 g/mol. The minimum absolute atomic E-state index is 0.238. The highest BCUT2D eigenvalue weighted by atomic mass is 16.5. The van der Waals surface area contributed by atoms with Gasteiger partial charge in [-0.1, -0.05) is 13.0 Å². The zero-order chi connectivity index (χ0) is 22.1. The molecule has 1 aromatic heterocycles. The lowest BCUT2D eigenvalue weighted by Gasteiger charge is -2.36. The molecule has 7 heteroatoms. The van der Waals surface area contributed by atoms with E-state index in [-0.39, 0.29) is 12.2 Å². The number of anilines is 1. The Morgan fingerprint density at radius 1 is 1.13 bits per heavy atom. The van der Waals surface area contributed by atoms with Crippen LogP contribution in [0.1, 0.15) is 52.5 Å². The highest BCUT2D eigenvalue weighted by Crippen LogP contribution is 2.18. The van der Waals surface area contributed by atoms with Crippen molar-refractivity contribution < 1.29 is 4.74 Å². The Hall–Kier alpha value is -1.86. The molecule has 31 heavy (non-hydrogen) atoms. The topological polar surface area (TPSA) is 65.0 Å². The van der Waals surface area contributed by atoms with Crippen molar-refractivity contribution in [3.8, 4) is 0 Å². The first kappa shape index (κ1) is 23.8. The van der Waals surface area contributed by atoms with Crippen LogP contribution in [0.4, 0.5) is 5.82 Å². The van der Waals surface area contributed by atoms with Gasteiger partial charge in [-0.3, -0.25) is 0 Å². The van der Waals surface area contributed by atoms with Crippen LogP contribution in [0.15, 0.2) is 23.3 Å². The predicted molar refractivity (Wildman–Crippen MR) is 129 cm³/mol. The molecule has 2 fully saturated rings. The van der Waals surface area contributed by atoms with Crippen molar-refractivity contribution in [3.63, 3.8) is 0 Å². The number of piperidine rings is 1. The van der Waals surface area contributed by atoms with Gasteiger partial charge in [0.2, 0.25) is 0 Å². The van der Waals surface area contributed by atoms with Crippen molar-refractivity contribution in [2.24, 2.45) is 10.9 Å². The summed E-state index contributed by atoms with van der Waals surface area (Å²) in [6.07, 6.45) is 6.25. The first-order valence-corrected chi connectivity index (χ1v) is 12.1. The van der Waals surface area contributed by atoms with Crippen LogP contribution in [0.25, 0.3) is 0 Å². The highest BCUT2D eigenvalue weighted by molar-refractivity contribution is 5.79. The van der Waals surface area contributed by atoms with Gasteiger partial charge in [-0.15, -0.1) is 0 Å². The second-order valence-corrected chi connectivity index (χ2v) is 9.19. The van der Waals surface area contributed by atoms with Gasteiger partial charge in [0.25, 0.3) is 0 Å². The minimum atomic E-state index is 0.238. The van der Waals surface area contributed by atoms with Crippen molar-refractivity contribution in [2.45, 2.75) is 65.7 Å². The number of guanidine groups is 1. The summed E-state index contributed by atoms with van der Waals surface area (Å²) in [5, 5.41) is 6.83. The average Bonchev–Trinajstić information content (AvgIpc) is 2.76. The summed E-state index contributed by atoms with van der Waals surface area (Å²) in [6, 6.07) is 4.24. The number of aromatic nitrogens is 1. The Balaban J connectivity index is 1.43. The van der Waals surface area contributed by atoms with Crippen LogP contribution < -0.4 is 15.5 Å². The van der Waals surface area contributed by atoms with E-state index in [1.54, 1.807) is 0 Å². The van der Waals surface area contributed by atoms with Crippen molar-refractivity contribution in [1.82, 2.24) is 20.5 Å². The van der Waals surface area contributed by atoms with Crippen LogP contribution in [0, 0.1) is 5.92 Å². The second-order valence-electron chi connectivity index (χ2n) is 9.19. The van der Waals surface area contributed by atoms with Gasteiger partial charge in [0.1, 0.15) is 5.82 Å². The van der Waals surface area contributed by atoms with Crippen LogP contribution in [-0.4, -0.2) is 73.9 Å². The molecule has 0 aromatic carbocycles. The lowest BCUT2D eigenvalue weighted by atomic mass is 9.99. The van der Waals surface area contributed by atoms with E-state index in [4.69, 9.17) is 9.73 Å². The zero-order valence-electron chi connectivity index (χ0n) is 19.9. The number of hydrogen-bond donors (Lipinski definition) is 2. The summed E-state index contributed by atoms with van der Waals surface area (Å²) in [4.78, 5) is 14.3. The Bertz CT molecular complexity index is 661. The fourth-order valence-corrected chi connectivity index (χ4v) is 4.37. The van der Waals surface area contributed by atoms with Gasteiger partial charge >= 0.3 is 0 Å². The quantitative estimate of drug-likeness (QED) is 0.376. The predicted octanol–water partition coefficient (Wildman–Crippen LogP) is 2.87. The molecule has 2 aliphatic rings. The number of morpholine rings is 1. The molecule has 0 spiro atoms. The van der Waals surface area contributed by atoms with Crippen LogP contribution in [-0.2, 0) is 11.3 Å². The SMILES string of the molecule is CCNC(=NCc1ccc(N2CC(C)OC(C)C2)nc1)NCCCN1CCC(C)CC1. The van der Waals surface area contributed by atoms with E-state index in [0.717, 1.165) is 55.9 Å². The molecule has 7 nitrogen and oxygen atoms in total. The van der Waals surface area contributed by atoms with Crippen LogP contribution >= 0.6 is 0 Å². The first-order valence-electron chi connectivity index (χ1n) is 12.1. The second kappa shape index (κ2) is 12.2. The number of ether oxygens (including phenoxy) is 1. The molecule has 0 aliphatic carbocycles. The molecule has 2 unspecified atom stereocenters. The maximum Gasteiger partial charge on any atom is 0.191 e. The van der Waals surface area contributed by atoms with E-state index < -0.39 is 0 Å². The number of pyridine rings is 1.